The number of benzene rings is 3. The van der Waals surface area contributed by atoms with Crippen molar-refractivity contribution in [2.45, 2.75) is 0 Å². The predicted octanol–water partition coefficient (Wildman–Crippen LogP) is 5.21. The molecule has 0 aliphatic heterocycles. The summed E-state index contributed by atoms with van der Waals surface area (Å²) in [7, 11) is 3.98. The average Bonchev–Trinajstić information content (AvgIpc) is 3.23. The van der Waals surface area contributed by atoms with Crippen LogP contribution in [0.4, 0.5) is 5.69 Å². The molecule has 1 amide bonds. The molecule has 33 heavy (non-hydrogen) atoms. The number of rotatable bonds is 5. The maximum atomic E-state index is 13.0. The van der Waals surface area contributed by atoms with E-state index in [0.29, 0.717) is 5.69 Å². The van der Waals surface area contributed by atoms with Crippen molar-refractivity contribution in [3.63, 3.8) is 0 Å². The molecule has 5 aromatic rings. The molecule has 0 saturated heterocycles. The molecule has 162 valence electrons. The van der Waals surface area contributed by atoms with Crippen LogP contribution in [0.5, 0.6) is 0 Å². The molecule has 0 radical (unpaired) electrons. The second-order valence-electron chi connectivity index (χ2n) is 8.00. The highest BCUT2D eigenvalue weighted by molar-refractivity contribution is 6.13. The molecule has 0 aliphatic carbocycles. The Balaban J connectivity index is 1.49. The van der Waals surface area contributed by atoms with Crippen LogP contribution in [-0.2, 0) is 0 Å². The molecule has 0 unspecified atom stereocenters. The van der Waals surface area contributed by atoms with Crippen LogP contribution in [0.3, 0.4) is 0 Å². The van der Waals surface area contributed by atoms with E-state index in [0.717, 1.165) is 44.3 Å². The van der Waals surface area contributed by atoms with Crippen molar-refractivity contribution >= 4 is 39.6 Å². The number of aromatic amines is 1. The van der Waals surface area contributed by atoms with Crippen LogP contribution in [0.15, 0.2) is 90.0 Å². The summed E-state index contributed by atoms with van der Waals surface area (Å²) in [6.07, 6.45) is 1.62. The number of hydrazone groups is 1. The van der Waals surface area contributed by atoms with Gasteiger partial charge in [-0.25, -0.2) is 10.4 Å². The summed E-state index contributed by atoms with van der Waals surface area (Å²) in [4.78, 5) is 23.1. The maximum Gasteiger partial charge on any atom is 0.289 e. The Morgan fingerprint density at radius 3 is 2.42 bits per heavy atom. The Labute approximate surface area is 191 Å². The molecule has 0 aliphatic rings. The molecule has 0 saturated carbocycles. The van der Waals surface area contributed by atoms with E-state index in [1.807, 2.05) is 104 Å². The van der Waals surface area contributed by atoms with Gasteiger partial charge >= 0.3 is 0 Å². The van der Waals surface area contributed by atoms with E-state index in [2.05, 4.69) is 15.5 Å². The summed E-state index contributed by atoms with van der Waals surface area (Å²) in [5.41, 5.74) is 8.50. The molecule has 0 spiro atoms. The molecule has 6 heteroatoms. The molecule has 5 rings (SSSR count). The van der Waals surface area contributed by atoms with Crippen LogP contribution in [0.1, 0.15) is 16.1 Å². The standard InChI is InChI=1S/C27H23N5O/c1-32(2)20-14-12-18(13-15-20)17-28-31-27(33)24-16-22-21-10-6-7-11-23(21)29-26(22)25(30-24)19-8-4-3-5-9-19/h3-17,29H,1-2H3,(H,31,33)/b28-17+. The van der Waals surface area contributed by atoms with Gasteiger partial charge in [-0.1, -0.05) is 60.7 Å². The monoisotopic (exact) mass is 433 g/mol. The quantitative estimate of drug-likeness (QED) is 0.295. The van der Waals surface area contributed by atoms with Crippen molar-refractivity contribution in [2.24, 2.45) is 5.10 Å². The predicted molar refractivity (Wildman–Crippen MR) is 135 cm³/mol. The van der Waals surface area contributed by atoms with Crippen molar-refractivity contribution in [2.75, 3.05) is 19.0 Å². The molecular formula is C27H23N5O. The first kappa shape index (κ1) is 20.5. The third-order valence-corrected chi connectivity index (χ3v) is 5.57. The van der Waals surface area contributed by atoms with Crippen LogP contribution in [0.2, 0.25) is 0 Å². The van der Waals surface area contributed by atoms with Gasteiger partial charge in [-0.3, -0.25) is 4.79 Å². The van der Waals surface area contributed by atoms with Crippen molar-refractivity contribution in [1.29, 1.82) is 0 Å². The topological polar surface area (TPSA) is 73.4 Å². The zero-order valence-electron chi connectivity index (χ0n) is 18.4. The summed E-state index contributed by atoms with van der Waals surface area (Å²) < 4.78 is 0. The fourth-order valence-corrected chi connectivity index (χ4v) is 3.85. The minimum atomic E-state index is -0.361. The van der Waals surface area contributed by atoms with Gasteiger partial charge in [0.1, 0.15) is 5.69 Å². The lowest BCUT2D eigenvalue weighted by Gasteiger charge is -2.11. The van der Waals surface area contributed by atoms with E-state index in [1.165, 1.54) is 0 Å². The number of carbonyl (C=O) groups is 1. The molecule has 0 bridgehead atoms. The third kappa shape index (κ3) is 4.06. The van der Waals surface area contributed by atoms with Crippen LogP contribution < -0.4 is 10.3 Å². The molecule has 2 N–H and O–H groups in total. The fraction of sp³-hybridized carbons (Fsp3) is 0.0741. The minimum absolute atomic E-state index is 0.311. The van der Waals surface area contributed by atoms with Gasteiger partial charge in [-0.2, -0.15) is 5.10 Å². The summed E-state index contributed by atoms with van der Waals surface area (Å²) in [6, 6.07) is 27.6. The van der Waals surface area contributed by atoms with E-state index in [-0.39, 0.29) is 5.91 Å². The number of fused-ring (bicyclic) bond motifs is 3. The number of amides is 1. The van der Waals surface area contributed by atoms with Gasteiger partial charge < -0.3 is 9.88 Å². The van der Waals surface area contributed by atoms with E-state index in [9.17, 15) is 4.79 Å². The largest absolute Gasteiger partial charge is 0.378 e. The highest BCUT2D eigenvalue weighted by atomic mass is 16.2. The summed E-state index contributed by atoms with van der Waals surface area (Å²) in [5, 5.41) is 6.14. The summed E-state index contributed by atoms with van der Waals surface area (Å²) >= 11 is 0. The van der Waals surface area contributed by atoms with Crippen LogP contribution >= 0.6 is 0 Å². The van der Waals surface area contributed by atoms with Crippen molar-refractivity contribution < 1.29 is 4.79 Å². The van der Waals surface area contributed by atoms with Crippen LogP contribution in [-0.4, -0.2) is 36.2 Å². The second-order valence-corrected chi connectivity index (χ2v) is 8.00. The molecule has 2 aromatic heterocycles. The first-order chi connectivity index (χ1) is 16.1. The second kappa shape index (κ2) is 8.59. The number of carbonyl (C=O) groups excluding carboxylic acids is 1. The van der Waals surface area contributed by atoms with Gasteiger partial charge in [-0.15, -0.1) is 0 Å². The van der Waals surface area contributed by atoms with Gasteiger partial charge in [0.2, 0.25) is 0 Å². The lowest BCUT2D eigenvalue weighted by molar-refractivity contribution is 0.0950. The number of H-pyrrole nitrogens is 1. The number of para-hydroxylation sites is 1. The number of aromatic nitrogens is 2. The highest BCUT2D eigenvalue weighted by Crippen LogP contribution is 2.32. The molecule has 0 fully saturated rings. The van der Waals surface area contributed by atoms with Crippen LogP contribution in [0, 0.1) is 0 Å². The van der Waals surface area contributed by atoms with Gasteiger partial charge in [-0.05, 0) is 29.8 Å². The Bertz CT molecular complexity index is 1470. The summed E-state index contributed by atoms with van der Waals surface area (Å²) in [6.45, 7) is 0. The fourth-order valence-electron chi connectivity index (χ4n) is 3.85. The first-order valence-electron chi connectivity index (χ1n) is 10.7. The summed E-state index contributed by atoms with van der Waals surface area (Å²) in [5.74, 6) is -0.361. The third-order valence-electron chi connectivity index (χ3n) is 5.57. The van der Waals surface area contributed by atoms with Gasteiger partial charge in [0.05, 0.1) is 17.4 Å². The molecular weight excluding hydrogens is 410 g/mol. The SMILES string of the molecule is CN(C)c1ccc(/C=N/NC(=O)c2cc3c([nH]c4ccccc43)c(-c3ccccc3)n2)cc1. The van der Waals surface area contributed by atoms with Gasteiger partial charge in [0.25, 0.3) is 5.91 Å². The van der Waals surface area contributed by atoms with E-state index >= 15 is 0 Å². The Morgan fingerprint density at radius 1 is 0.939 bits per heavy atom. The zero-order chi connectivity index (χ0) is 22.8. The number of anilines is 1. The van der Waals surface area contributed by atoms with Crippen molar-refractivity contribution in [3.8, 4) is 11.3 Å². The molecule has 6 nitrogen and oxygen atoms in total. The Kier molecular flexibility index (Phi) is 5.32. The highest BCUT2D eigenvalue weighted by Gasteiger charge is 2.16. The van der Waals surface area contributed by atoms with Gasteiger partial charge in [0.15, 0.2) is 0 Å². The number of hydrogen-bond donors (Lipinski definition) is 2. The number of nitrogens with one attached hydrogen (secondary N) is 2. The number of nitrogens with zero attached hydrogens (tertiary/aromatic N) is 3. The zero-order valence-corrected chi connectivity index (χ0v) is 18.4. The normalized spacial score (nSPS) is 11.3. The van der Waals surface area contributed by atoms with Crippen molar-refractivity contribution in [3.05, 3.63) is 96.2 Å². The Morgan fingerprint density at radius 2 is 1.67 bits per heavy atom. The first-order valence-corrected chi connectivity index (χ1v) is 10.7. The minimum Gasteiger partial charge on any atom is -0.378 e. The Hall–Kier alpha value is -4.45. The smallest absolute Gasteiger partial charge is 0.289 e. The molecule has 0 atom stereocenters. The van der Waals surface area contributed by atoms with E-state index < -0.39 is 0 Å². The number of hydrogen-bond acceptors (Lipinski definition) is 4. The van der Waals surface area contributed by atoms with Gasteiger partial charge in [0, 0.05) is 41.6 Å². The molecule has 3 aromatic carbocycles. The van der Waals surface area contributed by atoms with E-state index in [4.69, 9.17) is 4.98 Å². The average molecular weight is 434 g/mol. The molecule has 2 heterocycles. The number of pyridine rings is 1. The van der Waals surface area contributed by atoms with Crippen LogP contribution in [0.25, 0.3) is 33.1 Å². The lowest BCUT2D eigenvalue weighted by Crippen LogP contribution is -2.19. The maximum absolute atomic E-state index is 13.0. The van der Waals surface area contributed by atoms with E-state index in [1.54, 1.807) is 6.21 Å². The lowest BCUT2D eigenvalue weighted by atomic mass is 10.1. The van der Waals surface area contributed by atoms with Crippen molar-refractivity contribution in [1.82, 2.24) is 15.4 Å².